The number of likely N-dealkylation sites (tertiary alicyclic amines) is 1. The minimum Gasteiger partial charge on any atom is -0.338 e. The van der Waals surface area contributed by atoms with Gasteiger partial charge < -0.3 is 14.8 Å². The second-order valence-electron chi connectivity index (χ2n) is 8.86. The number of aryl methyl sites for hydroxylation is 2. The van der Waals surface area contributed by atoms with Crippen LogP contribution in [0.1, 0.15) is 33.6 Å². The molecule has 34 heavy (non-hydrogen) atoms. The average molecular weight is 476 g/mol. The molecule has 1 fully saturated rings. The number of amides is 2. The fourth-order valence-corrected chi connectivity index (χ4v) is 6.09. The second-order valence-corrected chi connectivity index (χ2v) is 9.91. The molecule has 5 rings (SSSR count). The first-order chi connectivity index (χ1) is 16.4. The number of para-hydroxylation sites is 1. The van der Waals surface area contributed by atoms with E-state index in [1.54, 1.807) is 18.2 Å². The van der Waals surface area contributed by atoms with E-state index in [0.29, 0.717) is 30.8 Å². The highest BCUT2D eigenvalue weighted by Gasteiger charge is 2.31. The molecule has 1 saturated heterocycles. The summed E-state index contributed by atoms with van der Waals surface area (Å²) in [7, 11) is 0. The normalized spacial score (nSPS) is 14.5. The Balaban J connectivity index is 1.36. The van der Waals surface area contributed by atoms with Gasteiger partial charge in [0.15, 0.2) is 0 Å². The minimum atomic E-state index is -0.448. The van der Waals surface area contributed by atoms with Crippen molar-refractivity contribution < 1.29 is 14.0 Å². The molecule has 5 nitrogen and oxygen atoms in total. The van der Waals surface area contributed by atoms with E-state index in [1.165, 1.54) is 23.0 Å². The molecule has 2 aromatic carbocycles. The Hall–Kier alpha value is -3.45. The molecule has 0 spiro atoms. The Bertz CT molecular complexity index is 1370. The zero-order chi connectivity index (χ0) is 23.8. The third-order valence-electron chi connectivity index (χ3n) is 6.45. The van der Waals surface area contributed by atoms with Gasteiger partial charge in [0.1, 0.15) is 10.7 Å². The van der Waals surface area contributed by atoms with Crippen molar-refractivity contribution in [2.24, 2.45) is 5.92 Å². The van der Waals surface area contributed by atoms with Crippen LogP contribution < -0.4 is 5.32 Å². The number of carbonyl (C=O) groups excluding carboxylic acids is 2. The van der Waals surface area contributed by atoms with Gasteiger partial charge in [-0.25, -0.2) is 4.39 Å². The molecule has 1 aliphatic rings. The molecule has 0 bridgehead atoms. The van der Waals surface area contributed by atoms with E-state index in [4.69, 9.17) is 0 Å². The Morgan fingerprint density at radius 3 is 2.44 bits per heavy atom. The maximum absolute atomic E-state index is 13.9. The summed E-state index contributed by atoms with van der Waals surface area (Å²) in [5.41, 5.74) is 3.44. The van der Waals surface area contributed by atoms with Gasteiger partial charge in [0.2, 0.25) is 5.91 Å². The van der Waals surface area contributed by atoms with E-state index in [1.807, 2.05) is 34.0 Å². The van der Waals surface area contributed by atoms with Crippen molar-refractivity contribution in [3.8, 4) is 5.69 Å². The number of fused-ring (bicyclic) bond motifs is 1. The Morgan fingerprint density at radius 1 is 1.03 bits per heavy atom. The van der Waals surface area contributed by atoms with Crippen molar-refractivity contribution in [2.45, 2.75) is 26.7 Å². The average Bonchev–Trinajstić information content (AvgIpc) is 3.48. The lowest BCUT2D eigenvalue weighted by atomic mass is 9.95. The predicted molar refractivity (Wildman–Crippen MR) is 134 cm³/mol. The number of benzene rings is 2. The summed E-state index contributed by atoms with van der Waals surface area (Å²) in [5.74, 6) is -0.899. The highest BCUT2D eigenvalue weighted by molar-refractivity contribution is 7.21. The molecular formula is C27H26FN3O2S. The van der Waals surface area contributed by atoms with Crippen molar-refractivity contribution in [3.05, 3.63) is 82.7 Å². The Morgan fingerprint density at radius 2 is 1.74 bits per heavy atom. The molecule has 0 atom stereocenters. The maximum Gasteiger partial charge on any atom is 0.266 e. The van der Waals surface area contributed by atoms with Crippen LogP contribution in [0, 0.1) is 25.6 Å². The Labute approximate surface area is 201 Å². The number of hydrogen-bond acceptors (Lipinski definition) is 3. The fraction of sp³-hybridized carbons (Fsp3) is 0.259. The van der Waals surface area contributed by atoms with Crippen molar-refractivity contribution >= 4 is 38.9 Å². The van der Waals surface area contributed by atoms with Crippen LogP contribution in [0.4, 0.5) is 10.1 Å². The number of carbonyl (C=O) groups is 2. The topological polar surface area (TPSA) is 54.3 Å². The van der Waals surface area contributed by atoms with E-state index >= 15 is 0 Å². The highest BCUT2D eigenvalue weighted by Crippen LogP contribution is 2.38. The van der Waals surface area contributed by atoms with E-state index in [0.717, 1.165) is 21.3 Å². The quantitative estimate of drug-likeness (QED) is 0.397. The van der Waals surface area contributed by atoms with Crippen molar-refractivity contribution in [3.63, 3.8) is 0 Å². The molecule has 3 heterocycles. The highest BCUT2D eigenvalue weighted by atomic mass is 32.1. The predicted octanol–water partition coefficient (Wildman–Crippen LogP) is 5.94. The van der Waals surface area contributed by atoms with Gasteiger partial charge in [-0.05, 0) is 68.1 Å². The van der Waals surface area contributed by atoms with Crippen LogP contribution in [0.3, 0.4) is 0 Å². The second kappa shape index (κ2) is 9.06. The van der Waals surface area contributed by atoms with Crippen LogP contribution >= 0.6 is 11.3 Å². The number of hydrogen-bond donors (Lipinski definition) is 1. The first kappa shape index (κ1) is 22.3. The van der Waals surface area contributed by atoms with Crippen LogP contribution in [-0.2, 0) is 4.79 Å². The summed E-state index contributed by atoms with van der Waals surface area (Å²) in [5, 5.41) is 3.80. The monoisotopic (exact) mass is 475 g/mol. The molecule has 0 aliphatic carbocycles. The van der Waals surface area contributed by atoms with Gasteiger partial charge in [-0.15, -0.1) is 11.3 Å². The smallest absolute Gasteiger partial charge is 0.266 e. The van der Waals surface area contributed by atoms with Crippen LogP contribution in [0.5, 0.6) is 0 Å². The van der Waals surface area contributed by atoms with Crippen LogP contribution in [0.2, 0.25) is 0 Å². The van der Waals surface area contributed by atoms with Crippen LogP contribution in [-0.4, -0.2) is 34.4 Å². The summed E-state index contributed by atoms with van der Waals surface area (Å²) in [6.45, 7) is 5.14. The molecular weight excluding hydrogens is 449 g/mol. The lowest BCUT2D eigenvalue weighted by Crippen LogP contribution is -2.41. The van der Waals surface area contributed by atoms with Crippen molar-refractivity contribution in [2.75, 3.05) is 18.4 Å². The molecule has 1 aliphatic heterocycles. The third kappa shape index (κ3) is 4.12. The number of anilines is 1. The van der Waals surface area contributed by atoms with Gasteiger partial charge in [0.25, 0.3) is 5.91 Å². The molecule has 2 aromatic heterocycles. The van der Waals surface area contributed by atoms with Crippen LogP contribution in [0.25, 0.3) is 15.8 Å². The molecule has 0 unspecified atom stereocenters. The van der Waals surface area contributed by atoms with Gasteiger partial charge in [0, 0.05) is 41.5 Å². The maximum atomic E-state index is 13.9. The lowest BCUT2D eigenvalue weighted by molar-refractivity contribution is -0.121. The number of piperidine rings is 1. The summed E-state index contributed by atoms with van der Waals surface area (Å²) in [6, 6.07) is 14.4. The summed E-state index contributed by atoms with van der Waals surface area (Å²) < 4.78 is 17.0. The summed E-state index contributed by atoms with van der Waals surface area (Å²) >= 11 is 1.53. The van der Waals surface area contributed by atoms with E-state index in [2.05, 4.69) is 31.3 Å². The zero-order valence-corrected chi connectivity index (χ0v) is 20.0. The standard InChI is InChI=1S/C27H26FN3O2S/c1-17-15-18(2)23-22(16-17)34-25(24(23)30-11-5-6-12-30)27(33)31-13-9-19(10-14-31)26(32)29-21-8-4-3-7-20(21)28/h3-8,11-12,15-16,19H,9-10,13-14H2,1-2H3,(H,29,32). The molecule has 7 heteroatoms. The summed E-state index contributed by atoms with van der Waals surface area (Å²) in [4.78, 5) is 28.9. The van der Waals surface area contributed by atoms with Gasteiger partial charge in [-0.2, -0.15) is 0 Å². The van der Waals surface area contributed by atoms with Gasteiger partial charge in [-0.3, -0.25) is 9.59 Å². The van der Waals surface area contributed by atoms with E-state index < -0.39 is 5.82 Å². The third-order valence-corrected chi connectivity index (χ3v) is 7.56. The molecule has 174 valence electrons. The molecule has 2 amide bonds. The number of nitrogens with one attached hydrogen (secondary N) is 1. The SMILES string of the molecule is Cc1cc(C)c2c(-n3cccc3)c(C(=O)N3CCC(C(=O)Nc4ccccc4F)CC3)sc2c1. The first-order valence-electron chi connectivity index (χ1n) is 11.4. The zero-order valence-electron chi connectivity index (χ0n) is 19.2. The number of nitrogens with zero attached hydrogens (tertiary/aromatic N) is 2. The van der Waals surface area contributed by atoms with E-state index in [-0.39, 0.29) is 23.4 Å². The molecule has 1 N–H and O–H groups in total. The summed E-state index contributed by atoms with van der Waals surface area (Å²) in [6.07, 6.45) is 5.04. The van der Waals surface area contributed by atoms with Crippen molar-refractivity contribution in [1.29, 1.82) is 0 Å². The molecule has 4 aromatic rings. The number of halogens is 1. The van der Waals surface area contributed by atoms with Gasteiger partial charge in [0.05, 0.1) is 11.4 Å². The van der Waals surface area contributed by atoms with Gasteiger partial charge in [-0.1, -0.05) is 18.2 Å². The lowest BCUT2D eigenvalue weighted by Gasteiger charge is -2.31. The number of aromatic nitrogens is 1. The number of thiophene rings is 1. The first-order valence-corrected chi connectivity index (χ1v) is 12.3. The minimum absolute atomic E-state index is 0.00471. The van der Waals surface area contributed by atoms with Crippen LogP contribution in [0.15, 0.2) is 60.9 Å². The fourth-order valence-electron chi connectivity index (χ4n) is 4.75. The van der Waals surface area contributed by atoms with E-state index in [9.17, 15) is 14.0 Å². The van der Waals surface area contributed by atoms with Gasteiger partial charge >= 0.3 is 0 Å². The molecule has 0 saturated carbocycles. The van der Waals surface area contributed by atoms with Crippen molar-refractivity contribution in [1.82, 2.24) is 9.47 Å². The number of rotatable bonds is 4. The largest absolute Gasteiger partial charge is 0.338 e. The Kier molecular flexibility index (Phi) is 5.96. The molecule has 0 radical (unpaired) electrons.